The second-order valence-corrected chi connectivity index (χ2v) is 7.83. The van der Waals surface area contributed by atoms with Crippen LogP contribution in [0, 0.1) is 0 Å². The van der Waals surface area contributed by atoms with Gasteiger partial charge in [-0.3, -0.25) is 9.59 Å². The van der Waals surface area contributed by atoms with Crippen molar-refractivity contribution in [2.75, 3.05) is 20.8 Å². The summed E-state index contributed by atoms with van der Waals surface area (Å²) in [6.45, 7) is 1.89. The molecule has 1 atom stereocenters. The molecule has 10 nitrogen and oxygen atoms in total. The van der Waals surface area contributed by atoms with Gasteiger partial charge in [0.2, 0.25) is 5.91 Å². The summed E-state index contributed by atoms with van der Waals surface area (Å²) in [6.07, 6.45) is 0.802. The van der Waals surface area contributed by atoms with Crippen LogP contribution in [-0.4, -0.2) is 47.9 Å². The van der Waals surface area contributed by atoms with Crippen molar-refractivity contribution in [3.63, 3.8) is 0 Å². The van der Waals surface area contributed by atoms with E-state index in [1.807, 2.05) is 0 Å². The molecular weight excluding hydrogens is 468 g/mol. The van der Waals surface area contributed by atoms with Crippen LogP contribution in [0.15, 0.2) is 53.5 Å². The first-order valence-corrected chi connectivity index (χ1v) is 11.2. The van der Waals surface area contributed by atoms with Gasteiger partial charge < -0.3 is 34.7 Å². The van der Waals surface area contributed by atoms with Crippen molar-refractivity contribution in [1.29, 1.82) is 0 Å². The van der Waals surface area contributed by atoms with Crippen LogP contribution in [0.5, 0.6) is 23.0 Å². The molecule has 0 unspecified atom stereocenters. The first-order valence-electron chi connectivity index (χ1n) is 11.2. The maximum atomic E-state index is 12.9. The molecule has 0 saturated heterocycles. The van der Waals surface area contributed by atoms with Gasteiger partial charge in [0.05, 0.1) is 26.4 Å². The number of phenols is 1. The summed E-state index contributed by atoms with van der Waals surface area (Å²) in [7, 11) is 2.94. The SMILES string of the molecule is CCOC(=O)c1c[nH]c(=O)c([C@@H](CC(=O)NCc2ccc(OC)cc2)c2ccc(OC)c(O)c2)c1O. The third-order valence-electron chi connectivity index (χ3n) is 5.59. The second-order valence-electron chi connectivity index (χ2n) is 7.83. The fourth-order valence-corrected chi connectivity index (χ4v) is 3.74. The van der Waals surface area contributed by atoms with Gasteiger partial charge in [0.25, 0.3) is 5.56 Å². The maximum absolute atomic E-state index is 12.9. The van der Waals surface area contributed by atoms with E-state index in [-0.39, 0.29) is 42.2 Å². The number of amides is 1. The molecule has 0 saturated carbocycles. The number of ether oxygens (including phenoxy) is 3. The molecule has 2 aromatic carbocycles. The van der Waals surface area contributed by atoms with Gasteiger partial charge in [0.1, 0.15) is 17.1 Å². The maximum Gasteiger partial charge on any atom is 0.343 e. The molecule has 0 aliphatic carbocycles. The number of aromatic nitrogens is 1. The van der Waals surface area contributed by atoms with Gasteiger partial charge in [-0.1, -0.05) is 18.2 Å². The lowest BCUT2D eigenvalue weighted by molar-refractivity contribution is -0.121. The Hall–Kier alpha value is -4.47. The van der Waals surface area contributed by atoms with Crippen molar-refractivity contribution in [3.05, 3.63) is 81.3 Å². The van der Waals surface area contributed by atoms with Crippen LogP contribution in [0.4, 0.5) is 0 Å². The highest BCUT2D eigenvalue weighted by Gasteiger charge is 2.28. The quantitative estimate of drug-likeness (QED) is 0.313. The summed E-state index contributed by atoms with van der Waals surface area (Å²) < 4.78 is 15.2. The highest BCUT2D eigenvalue weighted by atomic mass is 16.5. The molecule has 0 aliphatic heterocycles. The number of methoxy groups -OCH3 is 2. The van der Waals surface area contributed by atoms with E-state index in [4.69, 9.17) is 14.2 Å². The average molecular weight is 497 g/mol. The summed E-state index contributed by atoms with van der Waals surface area (Å²) in [6, 6.07) is 11.5. The molecule has 1 heterocycles. The Morgan fingerprint density at radius 3 is 2.39 bits per heavy atom. The van der Waals surface area contributed by atoms with Crippen LogP contribution in [-0.2, 0) is 16.1 Å². The predicted octanol–water partition coefficient (Wildman–Crippen LogP) is 2.82. The number of hydrogen-bond donors (Lipinski definition) is 4. The van der Waals surface area contributed by atoms with E-state index in [1.165, 1.54) is 19.2 Å². The van der Waals surface area contributed by atoms with Crippen molar-refractivity contribution in [2.45, 2.75) is 25.8 Å². The van der Waals surface area contributed by atoms with Gasteiger partial charge >= 0.3 is 5.97 Å². The van der Waals surface area contributed by atoms with Crippen molar-refractivity contribution >= 4 is 11.9 Å². The molecule has 1 aromatic heterocycles. The highest BCUT2D eigenvalue weighted by molar-refractivity contribution is 5.92. The standard InChI is InChI=1S/C26H28N2O8/c1-4-36-26(33)19-14-28-25(32)23(24(19)31)18(16-7-10-21(35-3)20(29)11-16)12-22(30)27-13-15-5-8-17(34-2)9-6-15/h5-11,14,18,29H,4,12-13H2,1-3H3,(H,27,30)(H2,28,31,32)/t18-/m0/s1. The number of aromatic amines is 1. The monoisotopic (exact) mass is 496 g/mol. The number of carbonyl (C=O) groups excluding carboxylic acids is 2. The van der Waals surface area contributed by atoms with Crippen LogP contribution < -0.4 is 20.3 Å². The lowest BCUT2D eigenvalue weighted by atomic mass is 9.87. The van der Waals surface area contributed by atoms with E-state index in [0.29, 0.717) is 11.3 Å². The zero-order valence-electron chi connectivity index (χ0n) is 20.2. The average Bonchev–Trinajstić information content (AvgIpc) is 2.87. The smallest absolute Gasteiger partial charge is 0.343 e. The molecule has 36 heavy (non-hydrogen) atoms. The Morgan fingerprint density at radius 1 is 1.06 bits per heavy atom. The van der Waals surface area contributed by atoms with Gasteiger partial charge in [-0.15, -0.1) is 0 Å². The largest absolute Gasteiger partial charge is 0.506 e. The molecule has 3 rings (SSSR count). The summed E-state index contributed by atoms with van der Waals surface area (Å²) in [5.74, 6) is -2.19. The van der Waals surface area contributed by atoms with E-state index in [9.17, 15) is 24.6 Å². The minimum Gasteiger partial charge on any atom is -0.506 e. The molecule has 4 N–H and O–H groups in total. The summed E-state index contributed by atoms with van der Waals surface area (Å²) >= 11 is 0. The van der Waals surface area contributed by atoms with Gasteiger partial charge in [-0.05, 0) is 42.3 Å². The number of H-pyrrole nitrogens is 1. The minimum atomic E-state index is -1.00. The number of rotatable bonds is 10. The van der Waals surface area contributed by atoms with E-state index in [1.54, 1.807) is 44.4 Å². The number of pyridine rings is 1. The van der Waals surface area contributed by atoms with E-state index in [2.05, 4.69) is 10.3 Å². The van der Waals surface area contributed by atoms with E-state index in [0.717, 1.165) is 11.8 Å². The second kappa shape index (κ2) is 11.8. The molecule has 1 amide bonds. The number of aromatic hydroxyl groups is 2. The summed E-state index contributed by atoms with van der Waals surface area (Å²) in [4.78, 5) is 40.5. The zero-order chi connectivity index (χ0) is 26.2. The number of benzene rings is 2. The van der Waals surface area contributed by atoms with Crippen molar-refractivity contribution in [3.8, 4) is 23.0 Å². The third kappa shape index (κ3) is 5.96. The fourth-order valence-electron chi connectivity index (χ4n) is 3.74. The lowest BCUT2D eigenvalue weighted by Gasteiger charge is -2.20. The minimum absolute atomic E-state index is 0.0658. The molecule has 10 heteroatoms. The fraction of sp³-hybridized carbons (Fsp3) is 0.269. The van der Waals surface area contributed by atoms with Crippen LogP contribution >= 0.6 is 0 Å². The molecule has 3 aromatic rings. The molecule has 0 fully saturated rings. The van der Waals surface area contributed by atoms with Crippen molar-refractivity contribution in [2.24, 2.45) is 0 Å². The van der Waals surface area contributed by atoms with Crippen LogP contribution in [0.25, 0.3) is 0 Å². The van der Waals surface area contributed by atoms with Crippen molar-refractivity contribution < 1.29 is 34.0 Å². The van der Waals surface area contributed by atoms with Crippen LogP contribution in [0.3, 0.4) is 0 Å². The number of esters is 1. The third-order valence-corrected chi connectivity index (χ3v) is 5.59. The molecular formula is C26H28N2O8. The molecule has 0 spiro atoms. The molecule has 0 radical (unpaired) electrons. The number of hydrogen-bond acceptors (Lipinski definition) is 8. The summed E-state index contributed by atoms with van der Waals surface area (Å²) in [5.41, 5.74) is 0.0452. The number of phenolic OH excluding ortho intramolecular Hbond substituents is 1. The Balaban J connectivity index is 1.96. The lowest BCUT2D eigenvalue weighted by Crippen LogP contribution is -2.27. The highest BCUT2D eigenvalue weighted by Crippen LogP contribution is 2.37. The first-order chi connectivity index (χ1) is 17.3. The Labute approximate surface area is 207 Å². The Kier molecular flexibility index (Phi) is 8.56. The predicted molar refractivity (Wildman–Crippen MR) is 131 cm³/mol. The van der Waals surface area contributed by atoms with Gasteiger partial charge in [0, 0.05) is 25.1 Å². The molecule has 0 aliphatic rings. The zero-order valence-corrected chi connectivity index (χ0v) is 20.2. The Bertz CT molecular complexity index is 1280. The van der Waals surface area contributed by atoms with E-state index < -0.39 is 29.1 Å². The van der Waals surface area contributed by atoms with Gasteiger partial charge in [-0.2, -0.15) is 0 Å². The number of nitrogens with one attached hydrogen (secondary N) is 2. The topological polar surface area (TPSA) is 147 Å². The molecule has 0 bridgehead atoms. The first kappa shape index (κ1) is 26.1. The normalized spacial score (nSPS) is 11.4. The van der Waals surface area contributed by atoms with Crippen LogP contribution in [0.2, 0.25) is 0 Å². The Morgan fingerprint density at radius 2 is 1.78 bits per heavy atom. The van der Waals surface area contributed by atoms with Crippen molar-refractivity contribution in [1.82, 2.24) is 10.3 Å². The number of carbonyl (C=O) groups is 2. The van der Waals surface area contributed by atoms with E-state index >= 15 is 0 Å². The van der Waals surface area contributed by atoms with Gasteiger partial charge in [0.15, 0.2) is 11.5 Å². The van der Waals surface area contributed by atoms with Gasteiger partial charge in [-0.25, -0.2) is 4.79 Å². The summed E-state index contributed by atoms with van der Waals surface area (Å²) in [5, 5.41) is 24.0. The van der Waals surface area contributed by atoms with Crippen LogP contribution in [0.1, 0.15) is 46.3 Å². The molecule has 190 valence electrons.